The van der Waals surface area contributed by atoms with Crippen LogP contribution >= 0.6 is 0 Å². The van der Waals surface area contributed by atoms with Crippen LogP contribution in [0.2, 0.25) is 0 Å². The molecule has 0 unspecified atom stereocenters. The number of benzene rings is 3. The summed E-state index contributed by atoms with van der Waals surface area (Å²) in [5, 5.41) is 19.3. The molecule has 0 heterocycles. The second-order valence-electron chi connectivity index (χ2n) is 6.20. The fourth-order valence-electron chi connectivity index (χ4n) is 2.75. The van der Waals surface area contributed by atoms with Crippen LogP contribution in [0.1, 0.15) is 25.3 Å². The lowest BCUT2D eigenvalue weighted by molar-refractivity contribution is 0.465. The molecule has 0 spiro atoms. The van der Waals surface area contributed by atoms with Gasteiger partial charge in [0.2, 0.25) is 0 Å². The van der Waals surface area contributed by atoms with E-state index in [9.17, 15) is 18.1 Å². The minimum absolute atomic E-state index is 0.139. The van der Waals surface area contributed by atoms with Gasteiger partial charge < -0.3 is 5.11 Å². The minimum Gasteiger partial charge on any atom is -0.508 e. The number of phenols is 1. The van der Waals surface area contributed by atoms with E-state index in [4.69, 9.17) is 0 Å². The smallest absolute Gasteiger partial charge is 0.295 e. The number of hydrogen-bond donors (Lipinski definition) is 2. The fourth-order valence-corrected chi connectivity index (χ4v) is 3.44. The lowest BCUT2D eigenvalue weighted by Gasteiger charge is -2.08. The van der Waals surface area contributed by atoms with Gasteiger partial charge in [0, 0.05) is 10.8 Å². The second-order valence-corrected chi connectivity index (χ2v) is 7.59. The molecule has 0 saturated heterocycles. The largest absolute Gasteiger partial charge is 0.508 e. The zero-order valence-electron chi connectivity index (χ0n) is 14.3. The molecule has 7 heteroatoms. The molecule has 0 amide bonds. The standard InChI is InChI=1S/C19H18N2O4S/c1-12(2)16-11-13(7-9-18(16)22)20-21-17-8-10-19(26(23,24)25)15-6-4-3-5-14(15)17/h3-12,22H,1-2H3,(H,23,24,25). The van der Waals surface area contributed by atoms with Gasteiger partial charge in [-0.3, -0.25) is 4.55 Å². The molecule has 6 nitrogen and oxygen atoms in total. The normalized spacial score (nSPS) is 12.3. The Morgan fingerprint density at radius 2 is 1.62 bits per heavy atom. The predicted molar refractivity (Wildman–Crippen MR) is 100 cm³/mol. The highest BCUT2D eigenvalue weighted by atomic mass is 32.2. The first-order valence-corrected chi connectivity index (χ1v) is 9.45. The number of rotatable bonds is 4. The van der Waals surface area contributed by atoms with E-state index >= 15 is 0 Å². The Labute approximate surface area is 151 Å². The number of nitrogens with zero attached hydrogens (tertiary/aromatic N) is 2. The molecule has 0 aliphatic heterocycles. The molecule has 3 aromatic carbocycles. The van der Waals surface area contributed by atoms with E-state index in [2.05, 4.69) is 10.2 Å². The number of hydrogen-bond acceptors (Lipinski definition) is 5. The number of phenolic OH excluding ortho intramolecular Hbond substituents is 1. The van der Waals surface area contributed by atoms with Crippen LogP contribution in [0.3, 0.4) is 0 Å². The van der Waals surface area contributed by atoms with Gasteiger partial charge in [-0.2, -0.15) is 13.5 Å². The van der Waals surface area contributed by atoms with Crippen molar-refractivity contribution < 1.29 is 18.1 Å². The Bertz CT molecular complexity index is 1110. The molecule has 0 atom stereocenters. The first-order valence-electron chi connectivity index (χ1n) is 8.01. The highest BCUT2D eigenvalue weighted by Gasteiger charge is 2.15. The average Bonchev–Trinajstić information content (AvgIpc) is 2.59. The van der Waals surface area contributed by atoms with Crippen molar-refractivity contribution >= 4 is 32.3 Å². The van der Waals surface area contributed by atoms with E-state index in [0.29, 0.717) is 22.1 Å². The molecule has 0 bridgehead atoms. The van der Waals surface area contributed by atoms with Crippen LogP contribution in [0.15, 0.2) is 69.7 Å². The maximum Gasteiger partial charge on any atom is 0.295 e. The molecular formula is C19H18N2O4S. The molecule has 3 aromatic rings. The van der Waals surface area contributed by atoms with Gasteiger partial charge >= 0.3 is 0 Å². The van der Waals surface area contributed by atoms with Crippen molar-refractivity contribution in [1.82, 2.24) is 0 Å². The Hall–Kier alpha value is -2.77. The van der Waals surface area contributed by atoms with Crippen molar-refractivity contribution in [3.05, 3.63) is 60.2 Å². The van der Waals surface area contributed by atoms with E-state index in [1.807, 2.05) is 13.8 Å². The van der Waals surface area contributed by atoms with Gasteiger partial charge in [0.15, 0.2) is 0 Å². The summed E-state index contributed by atoms with van der Waals surface area (Å²) in [6.45, 7) is 3.94. The molecule has 0 aliphatic rings. The van der Waals surface area contributed by atoms with Crippen molar-refractivity contribution in [2.45, 2.75) is 24.7 Å². The van der Waals surface area contributed by atoms with E-state index in [1.165, 1.54) is 12.1 Å². The maximum absolute atomic E-state index is 11.5. The van der Waals surface area contributed by atoms with Gasteiger partial charge in [-0.15, -0.1) is 5.11 Å². The number of aromatic hydroxyl groups is 1. The third-order valence-electron chi connectivity index (χ3n) is 4.05. The Balaban J connectivity index is 2.08. The highest BCUT2D eigenvalue weighted by molar-refractivity contribution is 7.86. The maximum atomic E-state index is 11.5. The van der Waals surface area contributed by atoms with Gasteiger partial charge in [-0.25, -0.2) is 0 Å². The van der Waals surface area contributed by atoms with Gasteiger partial charge in [0.1, 0.15) is 10.6 Å². The summed E-state index contributed by atoms with van der Waals surface area (Å²) in [7, 11) is -4.33. The molecule has 0 aliphatic carbocycles. The van der Waals surface area contributed by atoms with Crippen LogP contribution in [-0.4, -0.2) is 18.1 Å². The van der Waals surface area contributed by atoms with Gasteiger partial charge in [-0.1, -0.05) is 38.1 Å². The van der Waals surface area contributed by atoms with Crippen molar-refractivity contribution in [3.63, 3.8) is 0 Å². The monoisotopic (exact) mass is 370 g/mol. The van der Waals surface area contributed by atoms with E-state index in [0.717, 1.165) is 5.56 Å². The summed E-state index contributed by atoms with van der Waals surface area (Å²) < 4.78 is 32.5. The zero-order valence-corrected chi connectivity index (χ0v) is 15.1. The quantitative estimate of drug-likeness (QED) is 0.479. The number of fused-ring (bicyclic) bond motifs is 1. The third kappa shape index (κ3) is 3.58. The molecule has 134 valence electrons. The molecule has 0 fully saturated rings. The Morgan fingerprint density at radius 3 is 2.27 bits per heavy atom. The van der Waals surface area contributed by atoms with Gasteiger partial charge in [0.05, 0.1) is 11.4 Å². The van der Waals surface area contributed by atoms with Crippen LogP contribution in [-0.2, 0) is 10.1 Å². The summed E-state index contributed by atoms with van der Waals surface area (Å²) in [4.78, 5) is -0.168. The summed E-state index contributed by atoms with van der Waals surface area (Å²) in [6.07, 6.45) is 0. The SMILES string of the molecule is CC(C)c1cc(N=Nc2ccc(S(=O)(=O)O)c3ccccc23)ccc1O. The minimum atomic E-state index is -4.33. The third-order valence-corrected chi connectivity index (χ3v) is 4.96. The van der Waals surface area contributed by atoms with Gasteiger partial charge in [-0.05, 0) is 41.8 Å². The lowest BCUT2D eigenvalue weighted by Crippen LogP contribution is -1.98. The van der Waals surface area contributed by atoms with Crippen molar-refractivity contribution in [2.75, 3.05) is 0 Å². The van der Waals surface area contributed by atoms with E-state index < -0.39 is 10.1 Å². The molecular weight excluding hydrogens is 352 g/mol. The second kappa shape index (κ2) is 6.86. The highest BCUT2D eigenvalue weighted by Crippen LogP contribution is 2.34. The van der Waals surface area contributed by atoms with Gasteiger partial charge in [0.25, 0.3) is 10.1 Å². The van der Waals surface area contributed by atoms with Crippen LogP contribution < -0.4 is 0 Å². The van der Waals surface area contributed by atoms with Crippen LogP contribution in [0.25, 0.3) is 10.8 Å². The zero-order chi connectivity index (χ0) is 18.9. The summed E-state index contributed by atoms with van der Waals surface area (Å²) in [5.41, 5.74) is 1.83. The lowest BCUT2D eigenvalue weighted by atomic mass is 10.0. The molecule has 0 aromatic heterocycles. The predicted octanol–water partition coefficient (Wildman–Crippen LogP) is 5.33. The molecule has 26 heavy (non-hydrogen) atoms. The first-order chi connectivity index (χ1) is 12.3. The molecule has 2 N–H and O–H groups in total. The van der Waals surface area contributed by atoms with E-state index in [1.54, 1.807) is 42.5 Å². The topological polar surface area (TPSA) is 99.3 Å². The summed E-state index contributed by atoms with van der Waals surface area (Å²) in [5.74, 6) is 0.349. The summed E-state index contributed by atoms with van der Waals surface area (Å²) >= 11 is 0. The molecule has 0 saturated carbocycles. The molecule has 0 radical (unpaired) electrons. The summed E-state index contributed by atoms with van der Waals surface area (Å²) in [6, 6.07) is 14.6. The Kier molecular flexibility index (Phi) is 4.76. The first kappa shape index (κ1) is 18.0. The van der Waals surface area contributed by atoms with Crippen LogP contribution in [0.4, 0.5) is 11.4 Å². The molecule has 3 rings (SSSR count). The van der Waals surface area contributed by atoms with Crippen molar-refractivity contribution in [1.29, 1.82) is 0 Å². The Morgan fingerprint density at radius 1 is 0.923 bits per heavy atom. The van der Waals surface area contributed by atoms with Crippen molar-refractivity contribution in [3.8, 4) is 5.75 Å². The van der Waals surface area contributed by atoms with Crippen molar-refractivity contribution in [2.24, 2.45) is 10.2 Å². The fraction of sp³-hybridized carbons (Fsp3) is 0.158. The average molecular weight is 370 g/mol. The van der Waals surface area contributed by atoms with E-state index in [-0.39, 0.29) is 16.6 Å². The van der Waals surface area contributed by atoms with Crippen LogP contribution in [0.5, 0.6) is 5.75 Å². The number of azo groups is 1. The van der Waals surface area contributed by atoms with Crippen LogP contribution in [0, 0.1) is 0 Å².